The predicted molar refractivity (Wildman–Crippen MR) is 71.1 cm³/mol. The highest BCUT2D eigenvalue weighted by atomic mass is 16.5. The quantitative estimate of drug-likeness (QED) is 0.878. The second-order valence-corrected chi connectivity index (χ2v) is 5.36. The van der Waals surface area contributed by atoms with Crippen molar-refractivity contribution in [3.05, 3.63) is 29.8 Å². The molecule has 1 N–H and O–H groups in total. The number of aliphatic hydroxyl groups excluding tert-OH is 1. The molecule has 2 aliphatic heterocycles. The molecule has 2 heterocycles. The minimum atomic E-state index is -0.342. The number of benzene rings is 1. The van der Waals surface area contributed by atoms with Crippen LogP contribution < -0.4 is 4.74 Å². The van der Waals surface area contributed by atoms with Crippen LogP contribution in [0.5, 0.6) is 5.75 Å². The number of nitrogens with zero attached hydrogens (tertiary/aromatic N) is 1. The van der Waals surface area contributed by atoms with E-state index in [4.69, 9.17) is 4.74 Å². The van der Waals surface area contributed by atoms with Gasteiger partial charge in [0.2, 0.25) is 5.91 Å². The summed E-state index contributed by atoms with van der Waals surface area (Å²) >= 11 is 0. The molecule has 0 saturated carbocycles. The summed E-state index contributed by atoms with van der Waals surface area (Å²) in [6.45, 7) is 1.85. The van der Waals surface area contributed by atoms with Gasteiger partial charge in [-0.25, -0.2) is 0 Å². The first kappa shape index (κ1) is 12.5. The average Bonchev–Trinajstić information content (AvgIpc) is 2.86. The molecule has 3 rings (SSSR count). The summed E-state index contributed by atoms with van der Waals surface area (Å²) in [5.41, 5.74) is 1.14. The van der Waals surface area contributed by atoms with Crippen LogP contribution in [0.25, 0.3) is 0 Å². The fourth-order valence-electron chi connectivity index (χ4n) is 2.94. The van der Waals surface area contributed by atoms with Gasteiger partial charge < -0.3 is 14.7 Å². The number of aliphatic hydroxyl groups is 1. The highest BCUT2D eigenvalue weighted by Crippen LogP contribution is 2.35. The van der Waals surface area contributed by atoms with E-state index in [1.807, 2.05) is 24.3 Å². The first-order valence-corrected chi connectivity index (χ1v) is 6.91. The summed E-state index contributed by atoms with van der Waals surface area (Å²) in [4.78, 5) is 14.0. The van der Waals surface area contributed by atoms with Gasteiger partial charge in [-0.3, -0.25) is 4.79 Å². The third kappa shape index (κ3) is 2.59. The van der Waals surface area contributed by atoms with Crippen LogP contribution in [0.4, 0.5) is 0 Å². The number of fused-ring (bicyclic) bond motifs is 1. The van der Waals surface area contributed by atoms with Gasteiger partial charge in [0.25, 0.3) is 0 Å². The Morgan fingerprint density at radius 2 is 2.21 bits per heavy atom. The van der Waals surface area contributed by atoms with Gasteiger partial charge in [-0.1, -0.05) is 18.2 Å². The van der Waals surface area contributed by atoms with Crippen LogP contribution in [-0.2, 0) is 4.79 Å². The molecule has 1 unspecified atom stereocenters. The van der Waals surface area contributed by atoms with Gasteiger partial charge in [0.1, 0.15) is 5.75 Å². The van der Waals surface area contributed by atoms with Crippen LogP contribution in [0, 0.1) is 0 Å². The lowest BCUT2D eigenvalue weighted by Gasteiger charge is -2.27. The number of β-amino-alcohol motifs (C(OH)–C–C–N with tert-alkyl or cyclic N) is 1. The van der Waals surface area contributed by atoms with Crippen molar-refractivity contribution in [1.82, 2.24) is 4.90 Å². The van der Waals surface area contributed by atoms with Crippen molar-refractivity contribution in [2.45, 2.75) is 31.3 Å². The van der Waals surface area contributed by atoms with Crippen molar-refractivity contribution in [2.75, 3.05) is 19.7 Å². The smallest absolute Gasteiger partial charge is 0.223 e. The maximum absolute atomic E-state index is 12.2. The minimum Gasteiger partial charge on any atom is -0.493 e. The van der Waals surface area contributed by atoms with Crippen molar-refractivity contribution in [3.63, 3.8) is 0 Å². The van der Waals surface area contributed by atoms with Gasteiger partial charge in [-0.2, -0.15) is 0 Å². The lowest BCUT2D eigenvalue weighted by atomic mass is 9.90. The Morgan fingerprint density at radius 3 is 3.00 bits per heavy atom. The summed E-state index contributed by atoms with van der Waals surface area (Å²) in [5, 5.41) is 9.50. The lowest BCUT2D eigenvalue weighted by Crippen LogP contribution is -2.31. The number of likely N-dealkylation sites (tertiary alicyclic amines) is 1. The Bertz CT molecular complexity index is 474. The van der Waals surface area contributed by atoms with Crippen LogP contribution in [0.2, 0.25) is 0 Å². The number of rotatable bonds is 2. The van der Waals surface area contributed by atoms with Crippen molar-refractivity contribution in [2.24, 2.45) is 0 Å². The van der Waals surface area contributed by atoms with E-state index in [1.54, 1.807) is 4.90 Å². The number of amides is 1. The Labute approximate surface area is 113 Å². The minimum absolute atomic E-state index is 0.151. The SMILES string of the molecule is O=C(CC1CCOc2ccccc21)N1CC[C@@H](O)C1. The molecule has 1 saturated heterocycles. The van der Waals surface area contributed by atoms with E-state index in [9.17, 15) is 9.90 Å². The largest absolute Gasteiger partial charge is 0.493 e. The van der Waals surface area contributed by atoms with E-state index < -0.39 is 0 Å². The number of hydrogen-bond acceptors (Lipinski definition) is 3. The molecule has 0 spiro atoms. The Balaban J connectivity index is 1.69. The zero-order chi connectivity index (χ0) is 13.2. The summed E-state index contributed by atoms with van der Waals surface area (Å²) in [6.07, 6.45) is 1.77. The number of carbonyl (C=O) groups excluding carboxylic acids is 1. The first-order valence-electron chi connectivity index (χ1n) is 6.91. The second-order valence-electron chi connectivity index (χ2n) is 5.36. The molecular formula is C15H19NO3. The third-order valence-corrected chi connectivity index (χ3v) is 4.02. The predicted octanol–water partition coefficient (Wildman–Crippen LogP) is 1.54. The molecule has 1 fully saturated rings. The third-order valence-electron chi connectivity index (χ3n) is 4.02. The Kier molecular flexibility index (Phi) is 3.42. The van der Waals surface area contributed by atoms with Gasteiger partial charge in [0, 0.05) is 19.5 Å². The van der Waals surface area contributed by atoms with Crippen molar-refractivity contribution in [1.29, 1.82) is 0 Å². The number of carbonyl (C=O) groups is 1. The van der Waals surface area contributed by atoms with Gasteiger partial charge in [-0.05, 0) is 30.4 Å². The second kappa shape index (κ2) is 5.21. The monoisotopic (exact) mass is 261 g/mol. The zero-order valence-electron chi connectivity index (χ0n) is 10.9. The molecule has 1 amide bonds. The number of para-hydroxylation sites is 1. The lowest BCUT2D eigenvalue weighted by molar-refractivity contribution is -0.131. The van der Waals surface area contributed by atoms with Gasteiger partial charge in [0.15, 0.2) is 0 Å². The van der Waals surface area contributed by atoms with E-state index in [-0.39, 0.29) is 17.9 Å². The van der Waals surface area contributed by atoms with Gasteiger partial charge in [0.05, 0.1) is 12.7 Å². The van der Waals surface area contributed by atoms with Crippen LogP contribution >= 0.6 is 0 Å². The highest BCUT2D eigenvalue weighted by molar-refractivity contribution is 5.77. The summed E-state index contributed by atoms with van der Waals surface area (Å²) in [7, 11) is 0. The van der Waals surface area contributed by atoms with E-state index in [1.165, 1.54) is 0 Å². The maximum atomic E-state index is 12.2. The van der Waals surface area contributed by atoms with Crippen molar-refractivity contribution in [3.8, 4) is 5.75 Å². The van der Waals surface area contributed by atoms with Crippen LogP contribution in [0.3, 0.4) is 0 Å². The fourth-order valence-corrected chi connectivity index (χ4v) is 2.94. The van der Waals surface area contributed by atoms with E-state index >= 15 is 0 Å². The summed E-state index contributed by atoms with van der Waals surface area (Å²) in [6, 6.07) is 7.96. The molecule has 0 radical (unpaired) electrons. The molecule has 19 heavy (non-hydrogen) atoms. The Hall–Kier alpha value is -1.55. The van der Waals surface area contributed by atoms with Crippen LogP contribution in [0.1, 0.15) is 30.7 Å². The molecule has 4 heteroatoms. The fraction of sp³-hybridized carbons (Fsp3) is 0.533. The topological polar surface area (TPSA) is 49.8 Å². The molecule has 0 aromatic heterocycles. The Morgan fingerprint density at radius 1 is 1.37 bits per heavy atom. The van der Waals surface area contributed by atoms with Gasteiger partial charge >= 0.3 is 0 Å². The highest BCUT2D eigenvalue weighted by Gasteiger charge is 2.29. The molecule has 1 aromatic rings. The van der Waals surface area contributed by atoms with Crippen molar-refractivity contribution < 1.29 is 14.6 Å². The molecule has 1 aromatic carbocycles. The number of ether oxygens (including phenoxy) is 1. The summed E-state index contributed by atoms with van der Waals surface area (Å²) < 4.78 is 5.61. The maximum Gasteiger partial charge on any atom is 0.223 e. The molecule has 4 nitrogen and oxygen atoms in total. The zero-order valence-corrected chi connectivity index (χ0v) is 10.9. The van der Waals surface area contributed by atoms with E-state index in [2.05, 4.69) is 0 Å². The number of hydrogen-bond donors (Lipinski definition) is 1. The van der Waals surface area contributed by atoms with Gasteiger partial charge in [-0.15, -0.1) is 0 Å². The average molecular weight is 261 g/mol. The van der Waals surface area contributed by atoms with Crippen molar-refractivity contribution >= 4 is 5.91 Å². The van der Waals surface area contributed by atoms with E-state index in [0.717, 1.165) is 17.7 Å². The molecule has 102 valence electrons. The molecule has 0 bridgehead atoms. The molecular weight excluding hydrogens is 242 g/mol. The standard InChI is InChI=1S/C15H19NO3/c17-12-5-7-16(10-12)15(18)9-11-6-8-19-14-4-2-1-3-13(11)14/h1-4,11-12,17H,5-10H2/t11?,12-/m1/s1. The van der Waals surface area contributed by atoms with Crippen LogP contribution in [0.15, 0.2) is 24.3 Å². The van der Waals surface area contributed by atoms with E-state index in [0.29, 0.717) is 32.5 Å². The summed E-state index contributed by atoms with van der Waals surface area (Å²) in [5.74, 6) is 1.31. The molecule has 2 aliphatic rings. The van der Waals surface area contributed by atoms with Crippen LogP contribution in [-0.4, -0.2) is 41.7 Å². The normalized spacial score (nSPS) is 25.8. The first-order chi connectivity index (χ1) is 9.24. The molecule has 0 aliphatic carbocycles. The molecule has 2 atom stereocenters.